The molecular formula is C14H21N3O2S2. The van der Waals surface area contributed by atoms with E-state index >= 15 is 0 Å². The minimum Gasteiger partial charge on any atom is -0.281 e. The van der Waals surface area contributed by atoms with E-state index in [2.05, 4.69) is 11.0 Å². The van der Waals surface area contributed by atoms with E-state index in [0.29, 0.717) is 32.6 Å². The second-order valence-corrected chi connectivity index (χ2v) is 8.22. The SMILES string of the molecule is CCCCS(=O)(=O)N1CCN(C(C#N)c2cccs2)CC1. The standard InChI is InChI=1S/C14H21N3O2S2/c1-2-3-11-21(18,19)17-8-6-16(7-9-17)13(12-15)14-5-4-10-20-14/h4-5,10,13H,2-3,6-9,11H2,1H3. The molecule has 1 fully saturated rings. The molecule has 1 aromatic rings. The van der Waals surface area contributed by atoms with E-state index in [9.17, 15) is 13.7 Å². The summed E-state index contributed by atoms with van der Waals surface area (Å²) in [7, 11) is -3.13. The first kappa shape index (κ1) is 16.4. The summed E-state index contributed by atoms with van der Waals surface area (Å²) in [5.41, 5.74) is 0. The summed E-state index contributed by atoms with van der Waals surface area (Å²) >= 11 is 1.57. The lowest BCUT2D eigenvalue weighted by Crippen LogP contribution is -2.49. The fourth-order valence-electron chi connectivity index (χ4n) is 2.47. The molecule has 0 bridgehead atoms. The zero-order valence-electron chi connectivity index (χ0n) is 12.2. The Bertz CT molecular complexity index is 570. The highest BCUT2D eigenvalue weighted by molar-refractivity contribution is 7.89. The van der Waals surface area contributed by atoms with Crippen LogP contribution in [0.5, 0.6) is 0 Å². The van der Waals surface area contributed by atoms with Gasteiger partial charge in [-0.15, -0.1) is 11.3 Å². The lowest BCUT2D eigenvalue weighted by molar-refractivity contribution is 0.164. The quantitative estimate of drug-likeness (QED) is 0.802. The summed E-state index contributed by atoms with van der Waals surface area (Å²) in [4.78, 5) is 3.09. The maximum atomic E-state index is 12.2. The van der Waals surface area contributed by atoms with Crippen LogP contribution in [0.4, 0.5) is 0 Å². The number of sulfonamides is 1. The maximum absolute atomic E-state index is 12.2. The zero-order chi connectivity index (χ0) is 15.3. The van der Waals surface area contributed by atoms with Crippen LogP contribution in [-0.2, 0) is 10.0 Å². The first-order valence-electron chi connectivity index (χ1n) is 7.23. The highest BCUT2D eigenvalue weighted by atomic mass is 32.2. The van der Waals surface area contributed by atoms with Gasteiger partial charge in [0.15, 0.2) is 0 Å². The van der Waals surface area contributed by atoms with Crippen LogP contribution in [0, 0.1) is 11.3 Å². The Morgan fingerprint density at radius 3 is 2.62 bits per heavy atom. The number of rotatable bonds is 6. The van der Waals surface area contributed by atoms with Crippen molar-refractivity contribution in [3.05, 3.63) is 22.4 Å². The molecule has 1 aliphatic rings. The lowest BCUT2D eigenvalue weighted by atomic mass is 10.2. The molecule has 21 heavy (non-hydrogen) atoms. The average Bonchev–Trinajstić information content (AvgIpc) is 3.01. The number of thiophene rings is 1. The van der Waals surface area contributed by atoms with Gasteiger partial charge in [-0.2, -0.15) is 9.57 Å². The van der Waals surface area contributed by atoms with Crippen molar-refractivity contribution in [3.8, 4) is 6.07 Å². The summed E-state index contributed by atoms with van der Waals surface area (Å²) in [6.07, 6.45) is 1.59. The van der Waals surface area contributed by atoms with Crippen LogP contribution in [0.2, 0.25) is 0 Å². The summed E-state index contributed by atoms with van der Waals surface area (Å²) < 4.78 is 25.9. The molecule has 0 N–H and O–H groups in total. The molecule has 1 aromatic heterocycles. The van der Waals surface area contributed by atoms with Crippen LogP contribution in [0.25, 0.3) is 0 Å². The van der Waals surface area contributed by atoms with E-state index in [1.54, 1.807) is 15.6 Å². The van der Waals surface area contributed by atoms with E-state index in [1.807, 2.05) is 24.4 Å². The second kappa shape index (κ2) is 7.36. The Morgan fingerprint density at radius 1 is 1.38 bits per heavy atom. The van der Waals surface area contributed by atoms with Gasteiger partial charge in [-0.1, -0.05) is 19.4 Å². The van der Waals surface area contributed by atoms with Crippen LogP contribution in [0.15, 0.2) is 17.5 Å². The molecule has 0 saturated carbocycles. The van der Waals surface area contributed by atoms with E-state index < -0.39 is 10.0 Å². The van der Waals surface area contributed by atoms with Crippen molar-refractivity contribution in [2.24, 2.45) is 0 Å². The lowest BCUT2D eigenvalue weighted by Gasteiger charge is -2.35. The first-order valence-corrected chi connectivity index (χ1v) is 9.72. The normalized spacial score (nSPS) is 19.2. The number of nitriles is 1. The van der Waals surface area contributed by atoms with Gasteiger partial charge < -0.3 is 0 Å². The third-order valence-electron chi connectivity index (χ3n) is 3.72. The van der Waals surface area contributed by atoms with Gasteiger partial charge in [-0.25, -0.2) is 8.42 Å². The van der Waals surface area contributed by atoms with Gasteiger partial charge in [-0.05, 0) is 17.9 Å². The van der Waals surface area contributed by atoms with E-state index in [0.717, 1.165) is 11.3 Å². The molecule has 2 heterocycles. The number of hydrogen-bond acceptors (Lipinski definition) is 5. The Kier molecular flexibility index (Phi) is 5.76. The predicted octanol–water partition coefficient (Wildman–Crippen LogP) is 2.06. The van der Waals surface area contributed by atoms with E-state index in [1.165, 1.54) is 0 Å². The highest BCUT2D eigenvalue weighted by Gasteiger charge is 2.30. The number of unbranched alkanes of at least 4 members (excludes halogenated alkanes) is 1. The van der Waals surface area contributed by atoms with Crippen molar-refractivity contribution in [1.82, 2.24) is 9.21 Å². The largest absolute Gasteiger partial charge is 0.281 e. The third-order valence-corrected chi connectivity index (χ3v) is 6.60. The summed E-state index contributed by atoms with van der Waals surface area (Å²) in [6, 6.07) is 5.97. The molecule has 1 aliphatic heterocycles. The smallest absolute Gasteiger partial charge is 0.214 e. The maximum Gasteiger partial charge on any atom is 0.214 e. The number of nitrogens with zero attached hydrogens (tertiary/aromatic N) is 3. The van der Waals surface area contributed by atoms with E-state index in [4.69, 9.17) is 0 Å². The van der Waals surface area contributed by atoms with Crippen LogP contribution in [0.1, 0.15) is 30.7 Å². The monoisotopic (exact) mass is 327 g/mol. The minimum absolute atomic E-state index is 0.232. The molecule has 116 valence electrons. The van der Waals surface area contributed by atoms with Gasteiger partial charge in [0.25, 0.3) is 0 Å². The van der Waals surface area contributed by atoms with Crippen molar-refractivity contribution >= 4 is 21.4 Å². The predicted molar refractivity (Wildman–Crippen MR) is 84.5 cm³/mol. The zero-order valence-corrected chi connectivity index (χ0v) is 13.9. The number of hydrogen-bond donors (Lipinski definition) is 0. The van der Waals surface area contributed by atoms with Crippen molar-refractivity contribution < 1.29 is 8.42 Å². The molecule has 1 saturated heterocycles. The van der Waals surface area contributed by atoms with Crippen molar-refractivity contribution in [2.45, 2.75) is 25.8 Å². The molecule has 0 aliphatic carbocycles. The van der Waals surface area contributed by atoms with Gasteiger partial charge in [0.1, 0.15) is 6.04 Å². The minimum atomic E-state index is -3.13. The molecular weight excluding hydrogens is 306 g/mol. The Morgan fingerprint density at radius 2 is 2.10 bits per heavy atom. The molecule has 2 rings (SSSR count). The Hall–Kier alpha value is -0.940. The first-order chi connectivity index (χ1) is 10.1. The summed E-state index contributed by atoms with van der Waals surface area (Å²) in [6.45, 7) is 4.18. The molecule has 0 aromatic carbocycles. The number of piperazine rings is 1. The van der Waals surface area contributed by atoms with Crippen molar-refractivity contribution in [1.29, 1.82) is 5.26 Å². The highest BCUT2D eigenvalue weighted by Crippen LogP contribution is 2.26. The molecule has 1 unspecified atom stereocenters. The van der Waals surface area contributed by atoms with Crippen LogP contribution >= 0.6 is 11.3 Å². The molecule has 0 spiro atoms. The van der Waals surface area contributed by atoms with Gasteiger partial charge in [0, 0.05) is 31.1 Å². The van der Waals surface area contributed by atoms with Crippen molar-refractivity contribution in [3.63, 3.8) is 0 Å². The fourth-order valence-corrected chi connectivity index (χ4v) is 4.90. The van der Waals surface area contributed by atoms with Gasteiger partial charge in [0.2, 0.25) is 10.0 Å². The molecule has 0 amide bonds. The van der Waals surface area contributed by atoms with Gasteiger partial charge in [-0.3, -0.25) is 4.90 Å². The average molecular weight is 327 g/mol. The summed E-state index contributed by atoms with van der Waals surface area (Å²) in [5, 5.41) is 11.3. The van der Waals surface area contributed by atoms with Crippen LogP contribution in [-0.4, -0.2) is 49.6 Å². The van der Waals surface area contributed by atoms with Gasteiger partial charge in [0.05, 0.1) is 11.8 Å². The molecule has 1 atom stereocenters. The topological polar surface area (TPSA) is 64.4 Å². The Labute approximate surface area is 130 Å². The molecule has 0 radical (unpaired) electrons. The van der Waals surface area contributed by atoms with Gasteiger partial charge >= 0.3 is 0 Å². The van der Waals surface area contributed by atoms with Crippen LogP contribution < -0.4 is 0 Å². The molecule has 5 nitrogen and oxygen atoms in total. The van der Waals surface area contributed by atoms with Crippen molar-refractivity contribution in [2.75, 3.05) is 31.9 Å². The second-order valence-electron chi connectivity index (χ2n) is 5.15. The fraction of sp³-hybridized carbons (Fsp3) is 0.643. The van der Waals surface area contributed by atoms with E-state index in [-0.39, 0.29) is 11.8 Å². The third kappa shape index (κ3) is 4.04. The Balaban J connectivity index is 1.95. The summed E-state index contributed by atoms with van der Waals surface area (Å²) in [5.74, 6) is 0.232. The van der Waals surface area contributed by atoms with Crippen LogP contribution in [0.3, 0.4) is 0 Å². The molecule has 7 heteroatoms.